The maximum absolute atomic E-state index is 6.30. The highest BCUT2D eigenvalue weighted by Gasteiger charge is 2.18. The first kappa shape index (κ1) is 19.0. The number of para-hydroxylation sites is 1. The number of fused-ring (bicyclic) bond motifs is 3. The largest absolute Gasteiger partial charge is 0.460 e. The van der Waals surface area contributed by atoms with Crippen LogP contribution in [0.2, 0.25) is 5.28 Å². The van der Waals surface area contributed by atoms with Crippen molar-refractivity contribution < 1.29 is 4.42 Å². The van der Waals surface area contributed by atoms with Gasteiger partial charge in [-0.25, -0.2) is 4.98 Å². The molecule has 0 unspecified atom stereocenters. The van der Waals surface area contributed by atoms with Gasteiger partial charge in [-0.2, -0.15) is 9.97 Å². The summed E-state index contributed by atoms with van der Waals surface area (Å²) < 4.78 is 6.30. The molecule has 32 heavy (non-hydrogen) atoms. The van der Waals surface area contributed by atoms with Gasteiger partial charge >= 0.3 is 0 Å². The van der Waals surface area contributed by atoms with E-state index in [0.29, 0.717) is 11.6 Å². The lowest BCUT2D eigenvalue weighted by atomic mass is 9.98. The van der Waals surface area contributed by atoms with Crippen molar-refractivity contribution in [1.82, 2.24) is 15.0 Å². The first-order valence-electron chi connectivity index (χ1n) is 10.5. The van der Waals surface area contributed by atoms with Crippen molar-refractivity contribution >= 4 is 28.6 Å². The van der Waals surface area contributed by atoms with Crippen LogP contribution in [-0.2, 0) is 6.42 Å². The van der Waals surface area contributed by atoms with Crippen molar-refractivity contribution in [3.8, 4) is 33.9 Å². The van der Waals surface area contributed by atoms with E-state index in [9.17, 15) is 0 Å². The Morgan fingerprint density at radius 1 is 0.750 bits per heavy atom. The Labute approximate surface area is 190 Å². The molecule has 0 N–H and O–H groups in total. The molecular weight excluding hydrogens is 418 g/mol. The Morgan fingerprint density at radius 3 is 2.38 bits per heavy atom. The minimum atomic E-state index is 0.173. The predicted octanol–water partition coefficient (Wildman–Crippen LogP) is 7.23. The molecule has 1 aliphatic carbocycles. The van der Waals surface area contributed by atoms with Gasteiger partial charge in [0.2, 0.25) is 5.28 Å². The second-order valence-corrected chi connectivity index (χ2v) is 8.10. The molecule has 5 heteroatoms. The summed E-state index contributed by atoms with van der Waals surface area (Å²) in [4.78, 5) is 13.4. The van der Waals surface area contributed by atoms with Crippen molar-refractivity contribution in [1.29, 1.82) is 0 Å². The monoisotopic (exact) mass is 435 g/mol. The summed E-state index contributed by atoms with van der Waals surface area (Å²) in [6.45, 7) is 0. The van der Waals surface area contributed by atoms with Gasteiger partial charge in [-0.3, -0.25) is 0 Å². The molecule has 0 bridgehead atoms. The molecule has 1 aliphatic rings. The first-order valence-corrected chi connectivity index (χ1v) is 10.9. The number of halogens is 1. The topological polar surface area (TPSA) is 51.8 Å². The molecule has 0 saturated carbocycles. The van der Waals surface area contributed by atoms with Crippen molar-refractivity contribution in [2.45, 2.75) is 12.8 Å². The molecule has 2 heterocycles. The number of furan rings is 1. The molecule has 154 valence electrons. The molecule has 5 aromatic rings. The van der Waals surface area contributed by atoms with Gasteiger partial charge in [0.05, 0.1) is 0 Å². The predicted molar refractivity (Wildman–Crippen MR) is 128 cm³/mol. The summed E-state index contributed by atoms with van der Waals surface area (Å²) in [6.07, 6.45) is 6.33. The summed E-state index contributed by atoms with van der Waals surface area (Å²) in [5.74, 6) is 2.15. The van der Waals surface area contributed by atoms with Gasteiger partial charge in [-0.15, -0.1) is 0 Å². The van der Waals surface area contributed by atoms with Gasteiger partial charge in [0.25, 0.3) is 0 Å². The fraction of sp³-hybridized carbons (Fsp3) is 0.0741. The summed E-state index contributed by atoms with van der Waals surface area (Å²) in [5.41, 5.74) is 5.97. The molecule has 0 fully saturated rings. The Hall–Kier alpha value is -3.76. The van der Waals surface area contributed by atoms with Crippen LogP contribution in [-0.4, -0.2) is 15.0 Å². The lowest BCUT2D eigenvalue weighted by Crippen LogP contribution is -1.97. The van der Waals surface area contributed by atoms with Crippen LogP contribution in [0.3, 0.4) is 0 Å². The second-order valence-electron chi connectivity index (χ2n) is 7.76. The van der Waals surface area contributed by atoms with E-state index in [1.807, 2.05) is 42.5 Å². The number of benzene rings is 3. The van der Waals surface area contributed by atoms with Gasteiger partial charge in [-0.1, -0.05) is 78.9 Å². The highest BCUT2D eigenvalue weighted by Crippen LogP contribution is 2.37. The lowest BCUT2D eigenvalue weighted by Gasteiger charge is -2.08. The van der Waals surface area contributed by atoms with Crippen LogP contribution in [0.1, 0.15) is 17.7 Å². The van der Waals surface area contributed by atoms with Crippen molar-refractivity contribution in [2.24, 2.45) is 0 Å². The Kier molecular flexibility index (Phi) is 4.58. The van der Waals surface area contributed by atoms with Crippen LogP contribution >= 0.6 is 11.6 Å². The van der Waals surface area contributed by atoms with Crippen LogP contribution in [0.15, 0.2) is 83.3 Å². The van der Waals surface area contributed by atoms with E-state index in [1.54, 1.807) is 0 Å². The lowest BCUT2D eigenvalue weighted by molar-refractivity contribution is 0.547. The van der Waals surface area contributed by atoms with Crippen molar-refractivity contribution in [3.63, 3.8) is 0 Å². The maximum Gasteiger partial charge on any atom is 0.226 e. The van der Waals surface area contributed by atoms with Gasteiger partial charge in [-0.05, 0) is 29.7 Å². The second kappa shape index (κ2) is 7.74. The molecule has 3 aromatic carbocycles. The highest BCUT2D eigenvalue weighted by molar-refractivity contribution is 6.28. The number of hydrogen-bond acceptors (Lipinski definition) is 4. The van der Waals surface area contributed by atoms with Gasteiger partial charge < -0.3 is 4.42 Å². The van der Waals surface area contributed by atoms with E-state index < -0.39 is 0 Å². The van der Waals surface area contributed by atoms with E-state index in [4.69, 9.17) is 16.0 Å². The maximum atomic E-state index is 6.30. The normalized spacial score (nSPS) is 12.8. The third-order valence-electron chi connectivity index (χ3n) is 5.73. The number of aryl methyl sites for hydroxylation is 1. The van der Waals surface area contributed by atoms with E-state index in [-0.39, 0.29) is 5.28 Å². The van der Waals surface area contributed by atoms with Gasteiger partial charge in [0, 0.05) is 34.1 Å². The Bertz CT molecular complexity index is 1490. The summed E-state index contributed by atoms with van der Waals surface area (Å²) in [7, 11) is 0. The third-order valence-corrected chi connectivity index (χ3v) is 5.89. The van der Waals surface area contributed by atoms with E-state index in [1.165, 1.54) is 5.56 Å². The number of aromatic nitrogens is 3. The van der Waals surface area contributed by atoms with Crippen LogP contribution in [0, 0.1) is 0 Å². The average Bonchev–Trinajstić information content (AvgIpc) is 3.23. The standard InChI is InChI=1S/C27H18ClN3O/c28-27-30-25(17-8-2-1-3-9-17)29-26(31-27)19-11-6-10-18(16-19)20-13-7-14-22-21-12-4-5-15-23(21)32-24(20)22/h1-4,6-14,16H,5,15H2. The molecule has 2 aromatic heterocycles. The first-order chi connectivity index (χ1) is 15.8. The van der Waals surface area contributed by atoms with Crippen LogP contribution in [0.5, 0.6) is 0 Å². The molecule has 0 saturated heterocycles. The van der Waals surface area contributed by atoms with Gasteiger partial charge in [0.1, 0.15) is 11.3 Å². The zero-order valence-corrected chi connectivity index (χ0v) is 17.9. The van der Waals surface area contributed by atoms with E-state index in [0.717, 1.165) is 51.8 Å². The Balaban J connectivity index is 1.47. The number of rotatable bonds is 3. The molecule has 4 nitrogen and oxygen atoms in total. The minimum absolute atomic E-state index is 0.173. The SMILES string of the molecule is Clc1nc(-c2ccccc2)nc(-c2cccc(-c3cccc4c5c(oc34)CCC=C5)c2)n1. The summed E-state index contributed by atoms with van der Waals surface area (Å²) >= 11 is 6.26. The van der Waals surface area contributed by atoms with Crippen molar-refractivity contribution in [2.75, 3.05) is 0 Å². The minimum Gasteiger partial charge on any atom is -0.460 e. The van der Waals surface area contributed by atoms with E-state index >= 15 is 0 Å². The molecule has 0 aliphatic heterocycles. The van der Waals surface area contributed by atoms with Crippen LogP contribution in [0.4, 0.5) is 0 Å². The Morgan fingerprint density at radius 2 is 1.50 bits per heavy atom. The fourth-order valence-electron chi connectivity index (χ4n) is 4.22. The third kappa shape index (κ3) is 3.29. The zero-order valence-electron chi connectivity index (χ0n) is 17.1. The molecule has 6 rings (SSSR count). The van der Waals surface area contributed by atoms with Gasteiger partial charge in [0.15, 0.2) is 11.6 Å². The average molecular weight is 436 g/mol. The molecule has 0 radical (unpaired) electrons. The number of allylic oxidation sites excluding steroid dienone is 1. The summed E-state index contributed by atoms with van der Waals surface area (Å²) in [5, 5.41) is 1.32. The van der Waals surface area contributed by atoms with E-state index in [2.05, 4.69) is 57.4 Å². The molecular formula is C27H18ClN3O. The number of nitrogens with zero attached hydrogens (tertiary/aromatic N) is 3. The number of hydrogen-bond donors (Lipinski definition) is 0. The summed E-state index contributed by atoms with van der Waals surface area (Å²) in [6, 6.07) is 24.2. The smallest absolute Gasteiger partial charge is 0.226 e. The zero-order chi connectivity index (χ0) is 21.5. The fourth-order valence-corrected chi connectivity index (χ4v) is 4.38. The van der Waals surface area contributed by atoms with Crippen LogP contribution < -0.4 is 0 Å². The molecule has 0 spiro atoms. The quantitative estimate of drug-likeness (QED) is 0.300. The highest BCUT2D eigenvalue weighted by atomic mass is 35.5. The van der Waals surface area contributed by atoms with Crippen molar-refractivity contribution in [3.05, 3.63) is 95.5 Å². The van der Waals surface area contributed by atoms with Crippen LogP contribution in [0.25, 0.3) is 50.9 Å². The molecule has 0 atom stereocenters. The molecule has 0 amide bonds.